The van der Waals surface area contributed by atoms with E-state index >= 15 is 0 Å². The molecule has 0 aromatic heterocycles. The van der Waals surface area contributed by atoms with Gasteiger partial charge in [-0.05, 0) is 18.8 Å². The molecule has 0 heterocycles. The first-order valence-corrected chi connectivity index (χ1v) is 4.23. The van der Waals surface area contributed by atoms with Crippen molar-refractivity contribution < 1.29 is 18.3 Å². The molecule has 2 atom stereocenters. The number of hydrogen-bond acceptors (Lipinski definition) is 1. The van der Waals surface area contributed by atoms with Crippen molar-refractivity contribution in [2.24, 2.45) is 11.8 Å². The summed E-state index contributed by atoms with van der Waals surface area (Å²) in [7, 11) is 0. The molecule has 12 heavy (non-hydrogen) atoms. The lowest BCUT2D eigenvalue weighted by Gasteiger charge is -2.31. The standard InChI is InChI=1S/C8H13F3O/c9-8(10,11)7-4-2-1-3-6(7)5-12/h6-7,12H,1-5H2/t6-,7+/m0/s1. The molecular weight excluding hydrogens is 169 g/mol. The van der Waals surface area contributed by atoms with Crippen molar-refractivity contribution in [3.63, 3.8) is 0 Å². The number of rotatable bonds is 1. The van der Waals surface area contributed by atoms with E-state index < -0.39 is 18.0 Å². The summed E-state index contributed by atoms with van der Waals surface area (Å²) in [4.78, 5) is 0. The molecule has 0 aromatic carbocycles. The zero-order chi connectivity index (χ0) is 9.19. The summed E-state index contributed by atoms with van der Waals surface area (Å²) in [5, 5.41) is 8.72. The van der Waals surface area contributed by atoms with Crippen LogP contribution in [0.1, 0.15) is 25.7 Å². The molecule has 1 fully saturated rings. The third-order valence-electron chi connectivity index (χ3n) is 2.56. The Balaban J connectivity index is 2.59. The van der Waals surface area contributed by atoms with Crippen LogP contribution >= 0.6 is 0 Å². The lowest BCUT2D eigenvalue weighted by molar-refractivity contribution is -0.199. The molecule has 0 amide bonds. The predicted molar refractivity (Wildman–Crippen MR) is 38.6 cm³/mol. The van der Waals surface area contributed by atoms with Crippen LogP contribution in [-0.2, 0) is 0 Å². The summed E-state index contributed by atoms with van der Waals surface area (Å²) in [5.41, 5.74) is 0. The Morgan fingerprint density at radius 2 is 1.75 bits per heavy atom. The third-order valence-corrected chi connectivity index (χ3v) is 2.56. The van der Waals surface area contributed by atoms with Gasteiger partial charge in [-0.25, -0.2) is 0 Å². The van der Waals surface area contributed by atoms with Crippen molar-refractivity contribution in [1.29, 1.82) is 0 Å². The molecule has 0 radical (unpaired) electrons. The molecule has 0 spiro atoms. The normalized spacial score (nSPS) is 32.0. The fraction of sp³-hybridized carbons (Fsp3) is 1.00. The minimum Gasteiger partial charge on any atom is -0.396 e. The van der Waals surface area contributed by atoms with E-state index in [0.717, 1.165) is 6.42 Å². The first-order valence-electron chi connectivity index (χ1n) is 4.23. The first-order chi connectivity index (χ1) is 5.55. The molecule has 1 saturated carbocycles. The van der Waals surface area contributed by atoms with Crippen molar-refractivity contribution in [3.05, 3.63) is 0 Å². The summed E-state index contributed by atoms with van der Waals surface area (Å²) in [6.07, 6.45) is -1.96. The van der Waals surface area contributed by atoms with E-state index in [1.807, 2.05) is 0 Å². The van der Waals surface area contributed by atoms with Crippen LogP contribution in [0.5, 0.6) is 0 Å². The third kappa shape index (κ3) is 2.12. The highest BCUT2D eigenvalue weighted by molar-refractivity contribution is 4.79. The molecule has 1 aliphatic rings. The molecule has 0 saturated heterocycles. The molecule has 0 bridgehead atoms. The Morgan fingerprint density at radius 3 is 2.17 bits per heavy atom. The van der Waals surface area contributed by atoms with E-state index in [1.165, 1.54) is 0 Å². The summed E-state index contributed by atoms with van der Waals surface area (Å²) < 4.78 is 36.8. The predicted octanol–water partition coefficient (Wildman–Crippen LogP) is 2.35. The topological polar surface area (TPSA) is 20.2 Å². The van der Waals surface area contributed by atoms with Gasteiger partial charge in [0.2, 0.25) is 0 Å². The lowest BCUT2D eigenvalue weighted by Crippen LogP contribution is -2.34. The zero-order valence-electron chi connectivity index (χ0n) is 6.77. The van der Waals surface area contributed by atoms with Gasteiger partial charge in [-0.3, -0.25) is 0 Å². The van der Waals surface area contributed by atoms with Gasteiger partial charge in [0.05, 0.1) is 5.92 Å². The fourth-order valence-electron chi connectivity index (χ4n) is 1.86. The fourth-order valence-corrected chi connectivity index (χ4v) is 1.86. The van der Waals surface area contributed by atoms with Gasteiger partial charge in [-0.15, -0.1) is 0 Å². The molecule has 1 N–H and O–H groups in total. The van der Waals surface area contributed by atoms with Crippen LogP contribution in [0.15, 0.2) is 0 Å². The lowest BCUT2D eigenvalue weighted by atomic mass is 9.79. The van der Waals surface area contributed by atoms with Crippen LogP contribution in [0.4, 0.5) is 13.2 Å². The average molecular weight is 182 g/mol. The van der Waals surface area contributed by atoms with E-state index in [-0.39, 0.29) is 13.0 Å². The zero-order valence-corrected chi connectivity index (χ0v) is 6.77. The molecule has 1 nitrogen and oxygen atoms in total. The van der Waals surface area contributed by atoms with E-state index in [4.69, 9.17) is 5.11 Å². The highest BCUT2D eigenvalue weighted by Gasteiger charge is 2.44. The summed E-state index contributed by atoms with van der Waals surface area (Å²) in [6, 6.07) is 0. The average Bonchev–Trinajstić information content (AvgIpc) is 2.03. The Bertz CT molecular complexity index is 144. The molecule has 72 valence electrons. The van der Waals surface area contributed by atoms with Gasteiger partial charge < -0.3 is 5.11 Å². The van der Waals surface area contributed by atoms with Crippen molar-refractivity contribution in [3.8, 4) is 0 Å². The van der Waals surface area contributed by atoms with Crippen LogP contribution in [0, 0.1) is 11.8 Å². The maximum absolute atomic E-state index is 12.3. The van der Waals surface area contributed by atoms with E-state index in [9.17, 15) is 13.2 Å². The first kappa shape index (κ1) is 9.84. The second-order valence-corrected chi connectivity index (χ2v) is 3.38. The van der Waals surface area contributed by atoms with Crippen LogP contribution < -0.4 is 0 Å². The molecule has 4 heteroatoms. The van der Waals surface area contributed by atoms with Crippen LogP contribution in [0.25, 0.3) is 0 Å². The van der Waals surface area contributed by atoms with Crippen molar-refractivity contribution in [1.82, 2.24) is 0 Å². The molecule has 0 aromatic rings. The number of hydrogen-bond donors (Lipinski definition) is 1. The van der Waals surface area contributed by atoms with Crippen molar-refractivity contribution >= 4 is 0 Å². The SMILES string of the molecule is OC[C@@H]1CCCC[C@H]1C(F)(F)F. The van der Waals surface area contributed by atoms with Crippen molar-refractivity contribution in [2.75, 3.05) is 6.61 Å². The largest absolute Gasteiger partial charge is 0.396 e. The number of aliphatic hydroxyl groups excluding tert-OH is 1. The molecular formula is C8H13F3O. The molecule has 0 unspecified atom stereocenters. The van der Waals surface area contributed by atoms with E-state index in [0.29, 0.717) is 12.8 Å². The van der Waals surface area contributed by atoms with Gasteiger partial charge in [-0.2, -0.15) is 13.2 Å². The molecule has 0 aliphatic heterocycles. The number of halogens is 3. The second kappa shape index (κ2) is 3.64. The Labute approximate surface area is 69.6 Å². The smallest absolute Gasteiger partial charge is 0.392 e. The van der Waals surface area contributed by atoms with Gasteiger partial charge >= 0.3 is 6.18 Å². The second-order valence-electron chi connectivity index (χ2n) is 3.38. The highest BCUT2D eigenvalue weighted by atomic mass is 19.4. The van der Waals surface area contributed by atoms with Gasteiger partial charge in [0.25, 0.3) is 0 Å². The molecule has 1 aliphatic carbocycles. The molecule has 1 rings (SSSR count). The van der Waals surface area contributed by atoms with Crippen LogP contribution in [0.3, 0.4) is 0 Å². The van der Waals surface area contributed by atoms with Gasteiger partial charge in [0.15, 0.2) is 0 Å². The minimum atomic E-state index is -4.12. The highest BCUT2D eigenvalue weighted by Crippen LogP contribution is 2.40. The summed E-state index contributed by atoms with van der Waals surface area (Å²) >= 11 is 0. The van der Waals surface area contributed by atoms with Crippen molar-refractivity contribution in [2.45, 2.75) is 31.9 Å². The van der Waals surface area contributed by atoms with Crippen LogP contribution in [0.2, 0.25) is 0 Å². The maximum Gasteiger partial charge on any atom is 0.392 e. The van der Waals surface area contributed by atoms with Gasteiger partial charge in [0, 0.05) is 6.61 Å². The quantitative estimate of drug-likeness (QED) is 0.660. The van der Waals surface area contributed by atoms with Gasteiger partial charge in [-0.1, -0.05) is 12.8 Å². The number of alkyl halides is 3. The summed E-state index contributed by atoms with van der Waals surface area (Å²) in [6.45, 7) is -0.329. The monoisotopic (exact) mass is 182 g/mol. The van der Waals surface area contributed by atoms with E-state index in [1.54, 1.807) is 0 Å². The Morgan fingerprint density at radius 1 is 1.17 bits per heavy atom. The maximum atomic E-state index is 12.3. The van der Waals surface area contributed by atoms with Crippen LogP contribution in [-0.4, -0.2) is 17.9 Å². The number of aliphatic hydroxyl groups is 1. The summed E-state index contributed by atoms with van der Waals surface area (Å²) in [5.74, 6) is -1.82. The Kier molecular flexibility index (Phi) is 2.99. The Hall–Kier alpha value is -0.250. The minimum absolute atomic E-state index is 0.189. The van der Waals surface area contributed by atoms with Gasteiger partial charge in [0.1, 0.15) is 0 Å². The van der Waals surface area contributed by atoms with E-state index in [2.05, 4.69) is 0 Å².